The molecule has 1 aliphatic rings. The van der Waals surface area contributed by atoms with E-state index in [0.717, 1.165) is 5.56 Å². The van der Waals surface area contributed by atoms with E-state index >= 15 is 0 Å². The smallest absolute Gasteiger partial charge is 0.242 e. The molecular weight excluding hydrogens is 469 g/mol. The Morgan fingerprint density at radius 3 is 2.39 bits per heavy atom. The van der Waals surface area contributed by atoms with Crippen molar-refractivity contribution in [3.05, 3.63) is 76.1 Å². The van der Waals surface area contributed by atoms with Crippen molar-refractivity contribution in [1.29, 1.82) is 0 Å². The monoisotopic (exact) mass is 495 g/mol. The van der Waals surface area contributed by atoms with Gasteiger partial charge in [-0.1, -0.05) is 35.9 Å². The summed E-state index contributed by atoms with van der Waals surface area (Å²) in [5.41, 5.74) is 6.91. The third-order valence-corrected chi connectivity index (χ3v) is 7.41. The van der Waals surface area contributed by atoms with Gasteiger partial charge in [0.15, 0.2) is 0 Å². The van der Waals surface area contributed by atoms with E-state index in [1.54, 1.807) is 57.3 Å². The molecule has 0 aliphatic carbocycles. The molecule has 10 heteroatoms. The highest BCUT2D eigenvalue weighted by Gasteiger charge is 2.43. The van der Waals surface area contributed by atoms with Crippen molar-refractivity contribution in [3.8, 4) is 0 Å². The van der Waals surface area contributed by atoms with Crippen LogP contribution in [-0.2, 0) is 26.2 Å². The average Bonchev–Trinajstić information content (AvgIpc) is 2.92. The number of benzene rings is 2. The summed E-state index contributed by atoms with van der Waals surface area (Å²) >= 11 is 5.95. The predicted molar refractivity (Wildman–Crippen MR) is 126 cm³/mol. The van der Waals surface area contributed by atoms with Gasteiger partial charge in [-0.15, -0.1) is 0 Å². The lowest BCUT2D eigenvalue weighted by Gasteiger charge is -2.28. The number of carbonyl (C=O) groups is 1. The Morgan fingerprint density at radius 1 is 1.18 bits per heavy atom. The molecule has 3 rings (SSSR count). The van der Waals surface area contributed by atoms with Crippen LogP contribution in [-0.4, -0.2) is 51.0 Å². The lowest BCUT2D eigenvalue weighted by molar-refractivity contribution is -0.132. The molecule has 1 atom stereocenters. The fraction of sp³-hybridized carbons (Fsp3) is 0.348. The molecule has 0 aromatic heterocycles. The highest BCUT2D eigenvalue weighted by molar-refractivity contribution is 7.99. The van der Waals surface area contributed by atoms with E-state index in [1.165, 1.54) is 17.0 Å². The van der Waals surface area contributed by atoms with Gasteiger partial charge in [-0.05, 0) is 54.8 Å². The second-order valence-corrected chi connectivity index (χ2v) is 10.5. The van der Waals surface area contributed by atoms with Crippen LogP contribution in [0.1, 0.15) is 25.0 Å². The topological polar surface area (TPSA) is 102 Å². The highest BCUT2D eigenvalue weighted by atomic mass is 35.5. The molecule has 2 aromatic carbocycles. The van der Waals surface area contributed by atoms with Crippen LogP contribution in [0.15, 0.2) is 54.1 Å². The summed E-state index contributed by atoms with van der Waals surface area (Å²) in [5.74, 6) is -0.733. The molecule has 3 N–H and O–H groups in total. The van der Waals surface area contributed by atoms with Crippen LogP contribution >= 0.6 is 11.6 Å². The molecule has 0 unspecified atom stereocenters. The summed E-state index contributed by atoms with van der Waals surface area (Å²) < 4.78 is 46.9. The van der Waals surface area contributed by atoms with Crippen LogP contribution in [0.25, 0.3) is 4.91 Å². The van der Waals surface area contributed by atoms with Crippen LogP contribution in [0, 0.1) is 5.82 Å². The number of nitrogens with zero attached hydrogens (tertiary/aromatic N) is 1. The van der Waals surface area contributed by atoms with Gasteiger partial charge in [0.05, 0.1) is 23.7 Å². The first-order valence-corrected chi connectivity index (χ1v) is 12.1. The number of nitrogens with one attached hydrogen (secondary N) is 1. The molecule has 7 nitrogen and oxygen atoms in total. The minimum absolute atomic E-state index is 0.0381. The number of ether oxygens (including phenoxy) is 1. The van der Waals surface area contributed by atoms with Gasteiger partial charge >= 0.3 is 0 Å². The Labute approximate surface area is 198 Å². The Hall–Kier alpha value is -2.30. The van der Waals surface area contributed by atoms with Gasteiger partial charge in [-0.25, -0.2) is 17.5 Å². The van der Waals surface area contributed by atoms with Crippen molar-refractivity contribution in [2.45, 2.75) is 32.0 Å². The Kier molecular flexibility index (Phi) is 7.60. The molecule has 1 aliphatic heterocycles. The van der Waals surface area contributed by atoms with E-state index in [0.29, 0.717) is 16.2 Å². The Morgan fingerprint density at radius 2 is 1.79 bits per heavy atom. The zero-order valence-corrected chi connectivity index (χ0v) is 20.2. The first-order valence-electron chi connectivity index (χ1n) is 10.3. The summed E-state index contributed by atoms with van der Waals surface area (Å²) in [6.45, 7) is 3.69. The van der Waals surface area contributed by atoms with Crippen LogP contribution < -0.4 is 10.5 Å². The van der Waals surface area contributed by atoms with Crippen LogP contribution in [0.3, 0.4) is 0 Å². The summed E-state index contributed by atoms with van der Waals surface area (Å²) in [7, 11) is -2.22. The maximum atomic E-state index is 13.0. The molecule has 1 heterocycles. The number of hydrogen-bond acceptors (Lipinski definition) is 5. The molecule has 0 saturated heterocycles. The zero-order chi connectivity index (χ0) is 24.4. The van der Waals surface area contributed by atoms with Gasteiger partial charge in [0.2, 0.25) is 15.9 Å². The molecule has 0 saturated carbocycles. The number of hydrogen-bond donors (Lipinski definition) is 2. The number of rotatable bonds is 8. The largest absolute Gasteiger partial charge is 0.375 e. The van der Waals surface area contributed by atoms with Crippen molar-refractivity contribution in [3.63, 3.8) is 0 Å². The average molecular weight is 496 g/mol. The maximum absolute atomic E-state index is 13.0. The lowest BCUT2D eigenvalue weighted by Crippen LogP contribution is -2.47. The second kappa shape index (κ2) is 9.90. The highest BCUT2D eigenvalue weighted by Crippen LogP contribution is 2.38. The van der Waals surface area contributed by atoms with E-state index < -0.39 is 27.5 Å². The molecule has 1 amide bonds. The predicted octanol–water partition coefficient (Wildman–Crippen LogP) is 2.90. The number of halogens is 2. The number of carbonyl (C=O) groups excluding carboxylic acids is 1. The summed E-state index contributed by atoms with van der Waals surface area (Å²) in [5, 5.41) is 0.488. The lowest BCUT2D eigenvalue weighted by atomic mass is 9.92. The first kappa shape index (κ1) is 25.3. The van der Waals surface area contributed by atoms with Crippen LogP contribution in [0.2, 0.25) is 5.02 Å². The minimum Gasteiger partial charge on any atom is -0.375 e. The number of amides is 1. The maximum Gasteiger partial charge on any atom is 0.242 e. The Balaban J connectivity index is 1.73. The molecule has 0 radical (unpaired) electrons. The van der Waals surface area contributed by atoms with Crippen molar-refractivity contribution in [2.75, 3.05) is 20.2 Å². The van der Waals surface area contributed by atoms with Gasteiger partial charge in [0.25, 0.3) is 0 Å². The number of sulfonamides is 1. The van der Waals surface area contributed by atoms with E-state index in [2.05, 4.69) is 4.72 Å². The third-order valence-electron chi connectivity index (χ3n) is 5.36. The fourth-order valence-electron chi connectivity index (χ4n) is 3.65. The van der Waals surface area contributed by atoms with Crippen molar-refractivity contribution >= 4 is 32.4 Å². The van der Waals surface area contributed by atoms with E-state index in [1.807, 2.05) is 0 Å². The van der Waals surface area contributed by atoms with Crippen molar-refractivity contribution in [2.24, 2.45) is 5.73 Å². The van der Waals surface area contributed by atoms with Gasteiger partial charge in [0, 0.05) is 18.6 Å². The zero-order valence-electron chi connectivity index (χ0n) is 18.6. The molecule has 0 bridgehead atoms. The molecule has 2 aromatic rings. The molecular formula is C23H27ClFN3O4S. The van der Waals surface area contributed by atoms with E-state index in [9.17, 15) is 17.6 Å². The van der Waals surface area contributed by atoms with Gasteiger partial charge in [-0.3, -0.25) is 4.79 Å². The normalized spacial score (nSPS) is 17.8. The van der Waals surface area contributed by atoms with Crippen LogP contribution in [0.4, 0.5) is 4.39 Å². The summed E-state index contributed by atoms with van der Waals surface area (Å²) in [6, 6.07) is 11.4. The molecule has 0 fully saturated rings. The summed E-state index contributed by atoms with van der Waals surface area (Å²) in [6.07, 6.45) is 0. The number of likely N-dealkylation sites (N-methyl/N-ethyl adjacent to an activating group) is 1. The molecule has 0 spiro atoms. The standard InChI is InChI=1S/C23H27ClFN3O4S/c1-23(2)19(21(33(30,31)27-23)16-6-8-17(24)9-7-16)12-28(3)22(29)20(26)14-32-13-15-4-10-18(25)11-5-15/h4-11,20,27H,12-14,26H2,1-3H3/t20-/m1/s1. The van der Waals surface area contributed by atoms with Crippen molar-refractivity contribution in [1.82, 2.24) is 9.62 Å². The summed E-state index contributed by atoms with van der Waals surface area (Å²) in [4.78, 5) is 14.4. The second-order valence-electron chi connectivity index (χ2n) is 8.49. The van der Waals surface area contributed by atoms with Gasteiger partial charge < -0.3 is 15.4 Å². The molecule has 33 heavy (non-hydrogen) atoms. The van der Waals surface area contributed by atoms with Crippen molar-refractivity contribution < 1.29 is 22.3 Å². The first-order chi connectivity index (χ1) is 15.4. The fourth-order valence-corrected chi connectivity index (χ4v) is 5.76. The quantitative estimate of drug-likeness (QED) is 0.586. The molecule has 178 valence electrons. The SMILES string of the molecule is CN(CC1=C(c2ccc(Cl)cc2)S(=O)(=O)NC1(C)C)C(=O)[C@H](N)COCc1ccc(F)cc1. The minimum atomic E-state index is -3.78. The Bertz CT molecular complexity index is 1150. The van der Waals surface area contributed by atoms with Crippen LogP contribution in [0.5, 0.6) is 0 Å². The van der Waals surface area contributed by atoms with Gasteiger partial charge in [-0.2, -0.15) is 0 Å². The number of nitrogens with two attached hydrogens (primary N) is 1. The van der Waals surface area contributed by atoms with E-state index in [-0.39, 0.29) is 30.5 Å². The van der Waals surface area contributed by atoms with E-state index in [4.69, 9.17) is 22.1 Å². The van der Waals surface area contributed by atoms with Gasteiger partial charge in [0.1, 0.15) is 11.9 Å². The third kappa shape index (κ3) is 5.99.